The molecule has 0 saturated heterocycles. The lowest BCUT2D eigenvalue weighted by Crippen LogP contribution is -2.67. The van der Waals surface area contributed by atoms with Gasteiger partial charge in [-0.25, -0.2) is 9.59 Å². The Balaban J connectivity index is 3.18. The SMILES string of the molecule is O=C(O)C(O)(O)C(O)(C(=O)O)C(=O)/C=C/c1ccccc1. The molecule has 21 heavy (non-hydrogen) atoms. The Morgan fingerprint density at radius 1 is 0.905 bits per heavy atom. The van der Waals surface area contributed by atoms with E-state index in [4.69, 9.17) is 10.2 Å². The minimum atomic E-state index is -4.18. The molecule has 8 heteroatoms. The van der Waals surface area contributed by atoms with Crippen LogP contribution in [0.2, 0.25) is 0 Å². The molecule has 0 bridgehead atoms. The van der Waals surface area contributed by atoms with Crippen molar-refractivity contribution in [2.24, 2.45) is 0 Å². The molecule has 0 saturated carbocycles. The Bertz CT molecular complexity index is 589. The van der Waals surface area contributed by atoms with E-state index in [1.165, 1.54) is 0 Å². The Morgan fingerprint density at radius 3 is 1.86 bits per heavy atom. The van der Waals surface area contributed by atoms with Crippen LogP contribution in [0.3, 0.4) is 0 Å². The molecule has 0 aliphatic heterocycles. The number of aliphatic carboxylic acids is 2. The van der Waals surface area contributed by atoms with Crippen molar-refractivity contribution < 1.29 is 39.9 Å². The highest BCUT2D eigenvalue weighted by Gasteiger charge is 2.64. The maximum atomic E-state index is 11.7. The van der Waals surface area contributed by atoms with E-state index in [0.29, 0.717) is 11.6 Å². The molecule has 1 rings (SSSR count). The largest absolute Gasteiger partial charge is 0.479 e. The number of carbonyl (C=O) groups is 3. The van der Waals surface area contributed by atoms with E-state index in [1.807, 2.05) is 0 Å². The summed E-state index contributed by atoms with van der Waals surface area (Å²) >= 11 is 0. The molecule has 0 radical (unpaired) electrons. The molecule has 1 atom stereocenters. The summed E-state index contributed by atoms with van der Waals surface area (Å²) < 4.78 is 0. The van der Waals surface area contributed by atoms with Gasteiger partial charge in [0.2, 0.25) is 5.78 Å². The molecular formula is C13H12O8. The van der Waals surface area contributed by atoms with Crippen LogP contribution < -0.4 is 0 Å². The van der Waals surface area contributed by atoms with Gasteiger partial charge < -0.3 is 25.5 Å². The third kappa shape index (κ3) is 2.97. The molecule has 112 valence electrons. The summed E-state index contributed by atoms with van der Waals surface area (Å²) in [5, 5.41) is 45.4. The fourth-order valence-electron chi connectivity index (χ4n) is 1.44. The lowest BCUT2D eigenvalue weighted by molar-refractivity contribution is -0.262. The number of hydrogen-bond donors (Lipinski definition) is 5. The summed E-state index contributed by atoms with van der Waals surface area (Å²) in [4.78, 5) is 33.3. The van der Waals surface area contributed by atoms with Gasteiger partial charge in [-0.05, 0) is 11.6 Å². The van der Waals surface area contributed by atoms with Crippen molar-refractivity contribution in [1.29, 1.82) is 0 Å². The van der Waals surface area contributed by atoms with Crippen LogP contribution in [0, 0.1) is 0 Å². The van der Waals surface area contributed by atoms with Crippen LogP contribution in [0.25, 0.3) is 6.08 Å². The molecule has 0 heterocycles. The van der Waals surface area contributed by atoms with Gasteiger partial charge in [0.15, 0.2) is 0 Å². The van der Waals surface area contributed by atoms with Gasteiger partial charge in [0.05, 0.1) is 0 Å². The molecule has 8 nitrogen and oxygen atoms in total. The van der Waals surface area contributed by atoms with Crippen LogP contribution in [-0.2, 0) is 14.4 Å². The van der Waals surface area contributed by atoms with Crippen LogP contribution in [0.4, 0.5) is 0 Å². The summed E-state index contributed by atoms with van der Waals surface area (Å²) in [6.45, 7) is 0. The van der Waals surface area contributed by atoms with Crippen molar-refractivity contribution in [3.63, 3.8) is 0 Å². The highest BCUT2D eigenvalue weighted by molar-refractivity contribution is 6.16. The van der Waals surface area contributed by atoms with Crippen LogP contribution in [0.1, 0.15) is 5.56 Å². The molecule has 1 aromatic carbocycles. The molecule has 1 unspecified atom stereocenters. The predicted molar refractivity (Wildman–Crippen MR) is 67.9 cm³/mol. The van der Waals surface area contributed by atoms with E-state index in [0.717, 1.165) is 6.08 Å². The second-order valence-corrected chi connectivity index (χ2v) is 4.10. The first kappa shape index (κ1) is 16.5. The first-order valence-corrected chi connectivity index (χ1v) is 5.55. The minimum absolute atomic E-state index is 0.454. The molecule has 0 aromatic heterocycles. The van der Waals surface area contributed by atoms with E-state index in [9.17, 15) is 29.7 Å². The lowest BCUT2D eigenvalue weighted by Gasteiger charge is -2.30. The van der Waals surface area contributed by atoms with Crippen molar-refractivity contribution in [1.82, 2.24) is 0 Å². The zero-order valence-corrected chi connectivity index (χ0v) is 10.5. The number of carboxylic acid groups (broad SMARTS) is 2. The van der Waals surface area contributed by atoms with E-state index >= 15 is 0 Å². The molecule has 1 aromatic rings. The monoisotopic (exact) mass is 296 g/mol. The van der Waals surface area contributed by atoms with Gasteiger partial charge in [0.1, 0.15) is 0 Å². The van der Waals surface area contributed by atoms with Crippen LogP contribution in [0.5, 0.6) is 0 Å². The van der Waals surface area contributed by atoms with Gasteiger partial charge in [0.25, 0.3) is 5.60 Å². The van der Waals surface area contributed by atoms with Gasteiger partial charge in [-0.3, -0.25) is 4.79 Å². The van der Waals surface area contributed by atoms with Crippen molar-refractivity contribution in [3.8, 4) is 0 Å². The second-order valence-electron chi connectivity index (χ2n) is 4.10. The van der Waals surface area contributed by atoms with Gasteiger partial charge in [-0.15, -0.1) is 0 Å². The number of ketones is 1. The number of carboxylic acids is 2. The van der Waals surface area contributed by atoms with Crippen LogP contribution in [-0.4, -0.2) is 54.6 Å². The standard InChI is InChI=1S/C13H12O8/c14-9(7-6-8-4-2-1-3-5-8)12(19,10(15)16)13(20,21)11(17)18/h1-7,19-21H,(H,15,16)(H,17,18)/b7-6+. The quantitative estimate of drug-likeness (QED) is 0.250. The fraction of sp³-hybridized carbons (Fsp3) is 0.154. The third-order valence-electron chi connectivity index (χ3n) is 2.70. The third-order valence-corrected chi connectivity index (χ3v) is 2.70. The summed E-state index contributed by atoms with van der Waals surface area (Å²) in [6.07, 6.45) is 1.64. The number of benzene rings is 1. The van der Waals surface area contributed by atoms with E-state index in [1.54, 1.807) is 30.3 Å². The maximum absolute atomic E-state index is 11.7. The Kier molecular flexibility index (Phi) is 4.58. The van der Waals surface area contributed by atoms with Gasteiger partial charge in [-0.2, -0.15) is 0 Å². The molecule has 0 spiro atoms. The van der Waals surface area contributed by atoms with Crippen LogP contribution >= 0.6 is 0 Å². The first-order chi connectivity index (χ1) is 9.64. The highest BCUT2D eigenvalue weighted by Crippen LogP contribution is 2.23. The predicted octanol–water partition coefficient (Wildman–Crippen LogP) is -1.15. The highest BCUT2D eigenvalue weighted by atomic mass is 16.6. The Morgan fingerprint density at radius 2 is 1.43 bits per heavy atom. The first-order valence-electron chi connectivity index (χ1n) is 5.55. The molecular weight excluding hydrogens is 284 g/mol. The van der Waals surface area contributed by atoms with E-state index in [-0.39, 0.29) is 0 Å². The fourth-order valence-corrected chi connectivity index (χ4v) is 1.44. The topological polar surface area (TPSA) is 152 Å². The average Bonchev–Trinajstić information content (AvgIpc) is 2.44. The molecule has 5 N–H and O–H groups in total. The average molecular weight is 296 g/mol. The van der Waals surface area contributed by atoms with Crippen molar-refractivity contribution in [2.75, 3.05) is 0 Å². The Hall–Kier alpha value is -2.55. The number of aliphatic hydroxyl groups is 3. The molecule has 0 amide bonds. The number of rotatable bonds is 6. The van der Waals surface area contributed by atoms with Gasteiger partial charge >= 0.3 is 17.7 Å². The Labute approximate surface area is 118 Å². The number of carbonyl (C=O) groups excluding carboxylic acids is 1. The summed E-state index contributed by atoms with van der Waals surface area (Å²) in [5.41, 5.74) is -3.49. The minimum Gasteiger partial charge on any atom is -0.479 e. The van der Waals surface area contributed by atoms with Gasteiger partial charge in [-0.1, -0.05) is 36.4 Å². The molecule has 0 aliphatic carbocycles. The summed E-state index contributed by atoms with van der Waals surface area (Å²) in [6, 6.07) is 8.02. The number of hydrogen-bond acceptors (Lipinski definition) is 6. The summed E-state index contributed by atoms with van der Waals surface area (Å²) in [7, 11) is 0. The van der Waals surface area contributed by atoms with Crippen molar-refractivity contribution in [3.05, 3.63) is 42.0 Å². The van der Waals surface area contributed by atoms with Crippen LogP contribution in [0.15, 0.2) is 36.4 Å². The zero-order valence-electron chi connectivity index (χ0n) is 10.5. The maximum Gasteiger partial charge on any atom is 0.368 e. The zero-order chi connectivity index (χ0) is 16.3. The normalized spacial score (nSPS) is 14.6. The molecule has 0 fully saturated rings. The van der Waals surface area contributed by atoms with E-state index < -0.39 is 29.1 Å². The smallest absolute Gasteiger partial charge is 0.368 e. The molecule has 0 aliphatic rings. The summed E-state index contributed by atoms with van der Waals surface area (Å²) in [5.74, 6) is -10.8. The van der Waals surface area contributed by atoms with Crippen molar-refractivity contribution in [2.45, 2.75) is 11.4 Å². The van der Waals surface area contributed by atoms with Crippen molar-refractivity contribution >= 4 is 23.8 Å². The van der Waals surface area contributed by atoms with Gasteiger partial charge in [0, 0.05) is 0 Å². The lowest BCUT2D eigenvalue weighted by atomic mass is 9.87. The van der Waals surface area contributed by atoms with E-state index in [2.05, 4.69) is 0 Å². The second kappa shape index (κ2) is 5.83.